The van der Waals surface area contributed by atoms with Gasteiger partial charge in [0.05, 0.1) is 18.6 Å². The van der Waals surface area contributed by atoms with Crippen LogP contribution in [0.25, 0.3) is 11.5 Å². The quantitative estimate of drug-likeness (QED) is 0.713. The van der Waals surface area contributed by atoms with E-state index in [1.807, 2.05) is 32.0 Å². The van der Waals surface area contributed by atoms with Crippen molar-refractivity contribution in [2.75, 3.05) is 6.61 Å². The number of benzene rings is 1. The van der Waals surface area contributed by atoms with Gasteiger partial charge in [-0.3, -0.25) is 9.59 Å². The third kappa shape index (κ3) is 3.85. The Kier molecular flexibility index (Phi) is 5.22. The summed E-state index contributed by atoms with van der Waals surface area (Å²) in [6.07, 6.45) is 1.52. The van der Waals surface area contributed by atoms with Crippen molar-refractivity contribution in [1.82, 2.24) is 10.3 Å². The van der Waals surface area contributed by atoms with Crippen LogP contribution in [0.3, 0.4) is 0 Å². The van der Waals surface area contributed by atoms with Gasteiger partial charge in [-0.05, 0) is 55.3 Å². The fourth-order valence-electron chi connectivity index (χ4n) is 2.64. The van der Waals surface area contributed by atoms with E-state index in [9.17, 15) is 9.59 Å². The van der Waals surface area contributed by atoms with E-state index in [0.29, 0.717) is 24.6 Å². The summed E-state index contributed by atoms with van der Waals surface area (Å²) in [6.45, 7) is 4.82. The van der Waals surface area contributed by atoms with E-state index < -0.39 is 11.5 Å². The Morgan fingerprint density at radius 1 is 1.23 bits per heavy atom. The van der Waals surface area contributed by atoms with Crippen molar-refractivity contribution in [3.8, 4) is 17.2 Å². The van der Waals surface area contributed by atoms with Gasteiger partial charge in [0.2, 0.25) is 0 Å². The molecule has 2 aromatic heterocycles. The molecule has 0 aliphatic heterocycles. The largest absolute Gasteiger partial charge is 0.494 e. The zero-order chi connectivity index (χ0) is 18.5. The molecule has 0 fully saturated rings. The average molecular weight is 352 g/mol. The number of furan rings is 1. The summed E-state index contributed by atoms with van der Waals surface area (Å²) >= 11 is 0. The maximum Gasteiger partial charge on any atom is 0.261 e. The molecule has 0 aliphatic carbocycles. The van der Waals surface area contributed by atoms with E-state index in [1.165, 1.54) is 12.3 Å². The molecule has 6 nitrogen and oxygen atoms in total. The molecule has 0 radical (unpaired) electrons. The van der Waals surface area contributed by atoms with E-state index in [-0.39, 0.29) is 5.56 Å². The molecule has 6 heteroatoms. The molecule has 26 heavy (non-hydrogen) atoms. The second-order valence-corrected chi connectivity index (χ2v) is 5.81. The fourth-order valence-corrected chi connectivity index (χ4v) is 2.64. The van der Waals surface area contributed by atoms with Gasteiger partial charge in [0, 0.05) is 6.54 Å². The number of aromatic amines is 1. The summed E-state index contributed by atoms with van der Waals surface area (Å²) in [5.41, 5.74) is 2.06. The number of aryl methyl sites for hydroxylation is 1. The first-order chi connectivity index (χ1) is 12.6. The molecule has 0 aliphatic rings. The number of carbonyl (C=O) groups excluding carboxylic acids is 1. The van der Waals surface area contributed by atoms with Gasteiger partial charge in [0.25, 0.3) is 11.5 Å². The monoisotopic (exact) mass is 352 g/mol. The van der Waals surface area contributed by atoms with Crippen LogP contribution in [0, 0.1) is 6.92 Å². The maximum absolute atomic E-state index is 12.3. The molecule has 2 N–H and O–H groups in total. The standard InChI is InChI=1S/C20H20N2O4/c1-3-25-17-9-6-14(11-13(17)2)12-21-19(23)15-7-8-16(22-20(15)24)18-5-4-10-26-18/h4-11H,3,12H2,1-2H3,(H,21,23)(H,22,24). The molecule has 134 valence electrons. The van der Waals surface area contributed by atoms with E-state index in [1.54, 1.807) is 18.2 Å². The highest BCUT2D eigenvalue weighted by Crippen LogP contribution is 2.19. The van der Waals surface area contributed by atoms with Gasteiger partial charge in [-0.2, -0.15) is 0 Å². The van der Waals surface area contributed by atoms with Crippen LogP contribution >= 0.6 is 0 Å². The highest BCUT2D eigenvalue weighted by Gasteiger charge is 2.12. The van der Waals surface area contributed by atoms with Crippen LogP contribution in [0.1, 0.15) is 28.4 Å². The van der Waals surface area contributed by atoms with Crippen LogP contribution in [-0.4, -0.2) is 17.5 Å². The van der Waals surface area contributed by atoms with Crippen molar-refractivity contribution in [1.29, 1.82) is 0 Å². The summed E-state index contributed by atoms with van der Waals surface area (Å²) in [5.74, 6) is 0.940. The number of aromatic nitrogens is 1. The zero-order valence-electron chi connectivity index (χ0n) is 14.7. The van der Waals surface area contributed by atoms with Crippen LogP contribution in [0.5, 0.6) is 5.75 Å². The smallest absolute Gasteiger partial charge is 0.261 e. The Hall–Kier alpha value is -3.28. The van der Waals surface area contributed by atoms with E-state index >= 15 is 0 Å². The van der Waals surface area contributed by atoms with E-state index in [0.717, 1.165) is 16.9 Å². The predicted molar refractivity (Wildman–Crippen MR) is 98.3 cm³/mol. The maximum atomic E-state index is 12.3. The number of amides is 1. The Labute approximate surface area is 150 Å². The molecule has 0 saturated heterocycles. The lowest BCUT2D eigenvalue weighted by atomic mass is 10.1. The first kappa shape index (κ1) is 17.5. The second-order valence-electron chi connectivity index (χ2n) is 5.81. The summed E-state index contributed by atoms with van der Waals surface area (Å²) in [5, 5.41) is 2.77. The summed E-state index contributed by atoms with van der Waals surface area (Å²) < 4.78 is 10.7. The SMILES string of the molecule is CCOc1ccc(CNC(=O)c2ccc(-c3ccco3)[nH]c2=O)cc1C. The highest BCUT2D eigenvalue weighted by molar-refractivity contribution is 5.94. The number of hydrogen-bond donors (Lipinski definition) is 2. The molecule has 3 aromatic rings. The lowest BCUT2D eigenvalue weighted by Crippen LogP contribution is -2.29. The summed E-state index contributed by atoms with van der Waals surface area (Å²) in [7, 11) is 0. The number of ether oxygens (including phenoxy) is 1. The zero-order valence-corrected chi connectivity index (χ0v) is 14.7. The minimum absolute atomic E-state index is 0.0583. The van der Waals surface area contributed by atoms with Gasteiger partial charge >= 0.3 is 0 Å². The molecule has 0 spiro atoms. The van der Waals surface area contributed by atoms with Gasteiger partial charge in [-0.1, -0.05) is 12.1 Å². The van der Waals surface area contributed by atoms with Crippen LogP contribution in [0.4, 0.5) is 0 Å². The highest BCUT2D eigenvalue weighted by atomic mass is 16.5. The first-order valence-corrected chi connectivity index (χ1v) is 8.36. The van der Waals surface area contributed by atoms with Gasteiger partial charge < -0.3 is 19.5 Å². The van der Waals surface area contributed by atoms with E-state index in [2.05, 4.69) is 10.3 Å². The molecular formula is C20H20N2O4. The molecular weight excluding hydrogens is 332 g/mol. The van der Waals surface area contributed by atoms with Crippen LogP contribution < -0.4 is 15.6 Å². The van der Waals surface area contributed by atoms with Gasteiger partial charge in [0.1, 0.15) is 17.1 Å². The number of pyridine rings is 1. The number of nitrogens with one attached hydrogen (secondary N) is 2. The van der Waals surface area contributed by atoms with Crippen molar-refractivity contribution in [2.24, 2.45) is 0 Å². The van der Waals surface area contributed by atoms with E-state index in [4.69, 9.17) is 9.15 Å². The van der Waals surface area contributed by atoms with Gasteiger partial charge in [-0.15, -0.1) is 0 Å². The molecule has 3 rings (SSSR count). The Morgan fingerprint density at radius 3 is 2.73 bits per heavy atom. The molecule has 2 heterocycles. The molecule has 0 saturated carbocycles. The van der Waals surface area contributed by atoms with Gasteiger partial charge in [-0.25, -0.2) is 0 Å². The number of carbonyl (C=O) groups is 1. The summed E-state index contributed by atoms with van der Waals surface area (Å²) in [4.78, 5) is 27.2. The van der Waals surface area contributed by atoms with Crippen molar-refractivity contribution in [2.45, 2.75) is 20.4 Å². The van der Waals surface area contributed by atoms with Crippen LogP contribution in [-0.2, 0) is 6.54 Å². The van der Waals surface area contributed by atoms with Crippen molar-refractivity contribution < 1.29 is 13.9 Å². The number of H-pyrrole nitrogens is 1. The Bertz CT molecular complexity index is 958. The minimum atomic E-state index is -0.459. The molecule has 1 amide bonds. The van der Waals surface area contributed by atoms with Crippen molar-refractivity contribution in [3.05, 3.63) is 75.8 Å². The Morgan fingerprint density at radius 2 is 2.08 bits per heavy atom. The second kappa shape index (κ2) is 7.74. The van der Waals surface area contributed by atoms with Crippen molar-refractivity contribution in [3.63, 3.8) is 0 Å². The average Bonchev–Trinajstić information content (AvgIpc) is 3.16. The van der Waals surface area contributed by atoms with Crippen LogP contribution in [0.2, 0.25) is 0 Å². The number of hydrogen-bond acceptors (Lipinski definition) is 4. The normalized spacial score (nSPS) is 10.5. The fraction of sp³-hybridized carbons (Fsp3) is 0.200. The molecule has 1 aromatic carbocycles. The third-order valence-corrected chi connectivity index (χ3v) is 3.93. The first-order valence-electron chi connectivity index (χ1n) is 8.36. The van der Waals surface area contributed by atoms with Crippen LogP contribution in [0.15, 0.2) is 57.9 Å². The lowest BCUT2D eigenvalue weighted by Gasteiger charge is -2.10. The third-order valence-electron chi connectivity index (χ3n) is 3.93. The molecule has 0 unspecified atom stereocenters. The number of rotatable bonds is 6. The topological polar surface area (TPSA) is 84.3 Å². The predicted octanol–water partition coefficient (Wildman–Crippen LogP) is 3.27. The lowest BCUT2D eigenvalue weighted by molar-refractivity contribution is 0.0949. The van der Waals surface area contributed by atoms with Crippen molar-refractivity contribution >= 4 is 5.91 Å². The minimum Gasteiger partial charge on any atom is -0.494 e. The molecule has 0 atom stereocenters. The Balaban J connectivity index is 1.69. The molecule has 0 bridgehead atoms. The van der Waals surface area contributed by atoms with Gasteiger partial charge in [0.15, 0.2) is 0 Å². The summed E-state index contributed by atoms with van der Waals surface area (Å²) in [6, 6.07) is 12.3.